The normalized spacial score (nSPS) is 12.6. The average molecular weight is 799 g/mol. The number of imide groups is 3. The first-order valence-electron chi connectivity index (χ1n) is 16.3. The van der Waals surface area contributed by atoms with Crippen LogP contribution in [0.25, 0.3) is 10.9 Å². The lowest BCUT2D eigenvalue weighted by Crippen LogP contribution is -2.46. The van der Waals surface area contributed by atoms with Gasteiger partial charge in [-0.2, -0.15) is 0 Å². The smallest absolute Gasteiger partial charge is 0.427 e. The summed E-state index contributed by atoms with van der Waals surface area (Å²) in [6.45, 7) is 18.0. The third kappa shape index (κ3) is 11.6. The van der Waals surface area contributed by atoms with Crippen molar-refractivity contribution in [1.82, 2.24) is 9.47 Å². The van der Waals surface area contributed by atoms with Crippen LogP contribution in [0.1, 0.15) is 93.4 Å². The minimum Gasteiger partial charge on any atom is -0.459 e. The van der Waals surface area contributed by atoms with Gasteiger partial charge in [0.25, 0.3) is 15.9 Å². The van der Waals surface area contributed by atoms with Crippen LogP contribution in [-0.4, -0.2) is 77.0 Å². The second-order valence-corrected chi connectivity index (χ2v) is 18.6. The van der Waals surface area contributed by atoms with Gasteiger partial charge in [-0.1, -0.05) is 23.2 Å². The van der Waals surface area contributed by atoms with Crippen LogP contribution in [0.3, 0.4) is 0 Å². The zero-order valence-electron chi connectivity index (χ0n) is 31.7. The van der Waals surface area contributed by atoms with E-state index >= 15 is 0 Å². The molecule has 3 aromatic rings. The number of hydrogen-bond acceptors (Lipinski definition) is 11. The van der Waals surface area contributed by atoms with Crippen LogP contribution in [0.5, 0.6) is 0 Å². The number of carbonyl (C=O) groups excluding carboxylic acids is 5. The number of esters is 1. The Morgan fingerprint density at radius 2 is 1.15 bits per heavy atom. The Morgan fingerprint density at radius 3 is 1.60 bits per heavy atom. The molecule has 290 valence electrons. The molecule has 0 saturated carbocycles. The molecule has 17 heteroatoms. The SMILES string of the molecule is CC(C)(C)OC(=O)CN(c1ccc2c(C(=O)N(C(=O)OC(C)(C)C)C(=O)OC(C)(C)C)cn(C(=O)OC(C)(C)C)c2c1)S(=O)(=O)c1cc(Cl)cc(Cl)c1. The van der Waals surface area contributed by atoms with Gasteiger partial charge in [0, 0.05) is 21.6 Å². The predicted molar refractivity (Wildman–Crippen MR) is 199 cm³/mol. The molecule has 0 atom stereocenters. The van der Waals surface area contributed by atoms with Gasteiger partial charge in [-0.15, -0.1) is 4.90 Å². The molecular formula is C36H45Cl2N3O11S. The van der Waals surface area contributed by atoms with Crippen molar-refractivity contribution in [1.29, 1.82) is 0 Å². The second kappa shape index (κ2) is 15.2. The van der Waals surface area contributed by atoms with Crippen LogP contribution in [-0.2, 0) is 33.8 Å². The number of anilines is 1. The Hall–Kier alpha value is -4.34. The molecule has 3 amide bonds. The summed E-state index contributed by atoms with van der Waals surface area (Å²) in [6, 6.07) is 7.38. The molecular weight excluding hydrogens is 753 g/mol. The summed E-state index contributed by atoms with van der Waals surface area (Å²) < 4.78 is 51.8. The Morgan fingerprint density at radius 1 is 0.679 bits per heavy atom. The van der Waals surface area contributed by atoms with Gasteiger partial charge in [-0.25, -0.2) is 22.8 Å². The van der Waals surface area contributed by atoms with E-state index in [1.54, 1.807) is 41.5 Å². The summed E-state index contributed by atoms with van der Waals surface area (Å²) in [4.78, 5) is 67.5. The van der Waals surface area contributed by atoms with Gasteiger partial charge in [0.05, 0.1) is 21.7 Å². The Kier molecular flexibility index (Phi) is 12.3. The van der Waals surface area contributed by atoms with E-state index in [1.807, 2.05) is 0 Å². The number of rotatable bonds is 6. The van der Waals surface area contributed by atoms with Crippen molar-refractivity contribution in [3.8, 4) is 0 Å². The van der Waals surface area contributed by atoms with E-state index in [-0.39, 0.29) is 42.0 Å². The van der Waals surface area contributed by atoms with Crippen molar-refractivity contribution in [2.24, 2.45) is 0 Å². The molecule has 0 bridgehead atoms. The van der Waals surface area contributed by atoms with Crippen molar-refractivity contribution < 1.29 is 51.3 Å². The van der Waals surface area contributed by atoms with Gasteiger partial charge in [-0.05, 0) is 119 Å². The summed E-state index contributed by atoms with van der Waals surface area (Å²) >= 11 is 12.3. The van der Waals surface area contributed by atoms with Crippen molar-refractivity contribution in [2.75, 3.05) is 10.8 Å². The van der Waals surface area contributed by atoms with E-state index in [4.69, 9.17) is 42.1 Å². The third-order valence-corrected chi connectivity index (χ3v) is 8.56. The molecule has 0 fully saturated rings. The van der Waals surface area contributed by atoms with E-state index in [9.17, 15) is 32.4 Å². The van der Waals surface area contributed by atoms with Crippen molar-refractivity contribution in [2.45, 2.75) is 110 Å². The lowest BCUT2D eigenvalue weighted by atomic mass is 10.1. The quantitative estimate of drug-likeness (QED) is 0.173. The summed E-state index contributed by atoms with van der Waals surface area (Å²) in [5.74, 6) is -2.14. The molecule has 0 N–H and O–H groups in total. The van der Waals surface area contributed by atoms with Crippen LogP contribution in [0, 0.1) is 0 Å². The van der Waals surface area contributed by atoms with Crippen LogP contribution < -0.4 is 4.31 Å². The zero-order valence-corrected chi connectivity index (χ0v) is 34.1. The molecule has 0 aliphatic rings. The number of halogens is 2. The minimum atomic E-state index is -4.62. The van der Waals surface area contributed by atoms with Gasteiger partial charge in [-0.3, -0.25) is 18.5 Å². The van der Waals surface area contributed by atoms with E-state index < -0.39 is 69.1 Å². The fourth-order valence-corrected chi connectivity index (χ4v) is 6.72. The second-order valence-electron chi connectivity index (χ2n) is 15.9. The van der Waals surface area contributed by atoms with E-state index in [0.717, 1.165) is 27.2 Å². The molecule has 53 heavy (non-hydrogen) atoms. The van der Waals surface area contributed by atoms with Crippen molar-refractivity contribution >= 4 is 80.0 Å². The fourth-order valence-electron chi connectivity index (χ4n) is 4.59. The third-order valence-electron chi connectivity index (χ3n) is 6.37. The fraction of sp³-hybridized carbons (Fsp3) is 0.472. The van der Waals surface area contributed by atoms with Gasteiger partial charge in [0.2, 0.25) is 0 Å². The number of fused-ring (bicyclic) bond motifs is 1. The molecule has 2 aromatic carbocycles. The predicted octanol–water partition coefficient (Wildman–Crippen LogP) is 8.58. The van der Waals surface area contributed by atoms with E-state index in [0.29, 0.717) is 0 Å². The van der Waals surface area contributed by atoms with Crippen molar-refractivity contribution in [3.63, 3.8) is 0 Å². The standard InChI is InChI=1S/C36H45Cl2N3O11S/c1-33(2,3)49-28(42)20-40(53(47,48)24-16-21(37)15-22(38)17-24)23-13-14-25-26(19-39(27(25)18-23)30(44)50-34(4,5)6)29(43)41(31(45)51-35(7,8)9)32(46)52-36(10,11)12/h13-19H,20H2,1-12H3. The van der Waals surface area contributed by atoms with Crippen LogP contribution in [0.2, 0.25) is 10.0 Å². The number of aromatic nitrogens is 1. The molecule has 0 unspecified atom stereocenters. The Bertz CT molecular complexity index is 2000. The first-order chi connectivity index (χ1) is 23.9. The maximum absolute atomic E-state index is 14.2. The average Bonchev–Trinajstić information content (AvgIpc) is 3.31. The summed E-state index contributed by atoms with van der Waals surface area (Å²) in [5, 5.41) is -0.00222. The molecule has 0 aliphatic heterocycles. The highest BCUT2D eigenvalue weighted by Gasteiger charge is 2.39. The highest BCUT2D eigenvalue weighted by Crippen LogP contribution is 2.33. The van der Waals surface area contributed by atoms with Crippen LogP contribution in [0.4, 0.5) is 20.1 Å². The van der Waals surface area contributed by atoms with Crippen LogP contribution in [0.15, 0.2) is 47.5 Å². The van der Waals surface area contributed by atoms with E-state index in [1.165, 1.54) is 65.8 Å². The lowest BCUT2D eigenvalue weighted by Gasteiger charge is -2.27. The largest absolute Gasteiger partial charge is 0.459 e. The summed E-state index contributed by atoms with van der Waals surface area (Å²) in [6.07, 6.45) is -2.65. The van der Waals surface area contributed by atoms with Crippen LogP contribution >= 0.6 is 23.2 Å². The molecule has 1 aromatic heterocycles. The van der Waals surface area contributed by atoms with Gasteiger partial charge in [0.1, 0.15) is 28.9 Å². The number of carbonyl (C=O) groups is 5. The topological polar surface area (TPSA) is 168 Å². The highest BCUT2D eigenvalue weighted by atomic mass is 35.5. The molecule has 0 saturated heterocycles. The molecule has 1 heterocycles. The zero-order chi connectivity index (χ0) is 40.6. The molecule has 0 aliphatic carbocycles. The number of nitrogens with zero attached hydrogens (tertiary/aromatic N) is 3. The maximum atomic E-state index is 14.2. The number of benzene rings is 2. The maximum Gasteiger partial charge on any atom is 0.427 e. The minimum absolute atomic E-state index is 0.00484. The monoisotopic (exact) mass is 797 g/mol. The van der Waals surface area contributed by atoms with E-state index in [2.05, 4.69) is 0 Å². The first-order valence-corrected chi connectivity index (χ1v) is 18.5. The number of amides is 3. The Balaban J connectivity index is 2.36. The number of sulfonamides is 1. The molecule has 14 nitrogen and oxygen atoms in total. The van der Waals surface area contributed by atoms with Gasteiger partial charge in [0.15, 0.2) is 0 Å². The lowest BCUT2D eigenvalue weighted by molar-refractivity contribution is -0.152. The molecule has 3 rings (SSSR count). The van der Waals surface area contributed by atoms with Crippen molar-refractivity contribution in [3.05, 3.63) is 58.2 Å². The highest BCUT2D eigenvalue weighted by molar-refractivity contribution is 7.92. The van der Waals surface area contributed by atoms with Gasteiger partial charge >= 0.3 is 24.2 Å². The number of ether oxygens (including phenoxy) is 4. The molecule has 0 radical (unpaired) electrons. The van der Waals surface area contributed by atoms with Gasteiger partial charge < -0.3 is 18.9 Å². The number of hydrogen-bond donors (Lipinski definition) is 0. The summed E-state index contributed by atoms with van der Waals surface area (Å²) in [5.41, 5.74) is -4.88. The Labute approximate surface area is 319 Å². The summed E-state index contributed by atoms with van der Waals surface area (Å²) in [7, 11) is -4.62. The first kappa shape index (κ1) is 43.1. The molecule has 0 spiro atoms.